The molecule has 0 aliphatic heterocycles. The van der Waals surface area contributed by atoms with E-state index in [9.17, 15) is 0 Å². The molecule has 0 spiro atoms. The molecule has 4 heteroatoms. The van der Waals surface area contributed by atoms with Crippen molar-refractivity contribution in [1.29, 1.82) is 0 Å². The first-order chi connectivity index (χ1) is 16.9. The lowest BCUT2D eigenvalue weighted by Gasteiger charge is -2.38. The summed E-state index contributed by atoms with van der Waals surface area (Å²) in [7, 11) is 0.311. The Labute approximate surface area is 215 Å². The van der Waals surface area contributed by atoms with E-state index in [1.807, 2.05) is 19.1 Å². The predicted molar refractivity (Wildman–Crippen MR) is 155 cm³/mol. The largest absolute Gasteiger partial charge is 0.456 e. The van der Waals surface area contributed by atoms with Crippen LogP contribution >= 0.6 is 0 Å². The highest BCUT2D eigenvalue weighted by Crippen LogP contribution is 2.42. The van der Waals surface area contributed by atoms with E-state index >= 15 is 0 Å². The van der Waals surface area contributed by atoms with Crippen LogP contribution in [0.15, 0.2) is 52.9 Å². The summed E-state index contributed by atoms with van der Waals surface area (Å²) in [5.74, 6) is 0. The molecule has 36 heavy (non-hydrogen) atoms. The minimum atomic E-state index is -1.86. The van der Waals surface area contributed by atoms with E-state index in [-0.39, 0.29) is 5.04 Å². The molecule has 0 fully saturated rings. The molecule has 2 aromatic heterocycles. The van der Waals surface area contributed by atoms with Gasteiger partial charge >= 0.3 is 0 Å². The van der Waals surface area contributed by atoms with E-state index < -0.39 is 8.07 Å². The number of aryl methyl sites for hydroxylation is 3. The van der Waals surface area contributed by atoms with Crippen molar-refractivity contribution in [3.8, 4) is 11.3 Å². The fourth-order valence-corrected chi connectivity index (χ4v) is 7.54. The minimum absolute atomic E-state index is 0.205. The molecule has 0 radical (unpaired) electrons. The highest BCUT2D eigenvalue weighted by molar-refractivity contribution is 6.93. The lowest BCUT2D eigenvalue weighted by atomic mass is 9.95. The molecule has 0 amide bonds. The van der Waals surface area contributed by atoms with Crippen LogP contribution in [0.4, 0.5) is 5.69 Å². The van der Waals surface area contributed by atoms with Crippen LogP contribution in [0.5, 0.6) is 0 Å². The SMILES string of the molecule is [C-]#[N+]c1ccc2c(oc3c(-c4cc([Si](C)(C)C(C)(C)C)c5ccccc5[n+]4C)c(C)c(C)cc32)c1C. The number of fused-ring (bicyclic) bond motifs is 4. The van der Waals surface area contributed by atoms with Crippen LogP contribution in [-0.4, -0.2) is 8.07 Å². The second-order valence-electron chi connectivity index (χ2n) is 11.8. The number of pyridine rings is 1. The lowest BCUT2D eigenvalue weighted by molar-refractivity contribution is -0.633. The molecule has 2 heterocycles. The zero-order chi connectivity index (χ0) is 26.2. The van der Waals surface area contributed by atoms with Gasteiger partial charge in [-0.1, -0.05) is 58.1 Å². The van der Waals surface area contributed by atoms with Crippen molar-refractivity contribution in [2.24, 2.45) is 7.05 Å². The van der Waals surface area contributed by atoms with Crippen LogP contribution in [-0.2, 0) is 7.05 Å². The standard InChI is InChI=1S/C32H35N2OSi/c1-19-17-24-22-15-16-25(33-7)21(3)30(22)35-31(24)29(20(19)2)27-18-28(36(9,10)32(4,5)6)23-13-11-12-14-26(23)34(27)8/h11-18H,1-6,8-10H3/q+1. The molecule has 0 aliphatic carbocycles. The molecule has 5 rings (SSSR count). The Balaban J connectivity index is 1.97. The summed E-state index contributed by atoms with van der Waals surface area (Å²) in [4.78, 5) is 3.71. The van der Waals surface area contributed by atoms with Crippen LogP contribution in [0.2, 0.25) is 18.1 Å². The summed E-state index contributed by atoms with van der Waals surface area (Å²) >= 11 is 0. The first-order valence-corrected chi connectivity index (χ1v) is 15.6. The van der Waals surface area contributed by atoms with Gasteiger partial charge in [-0.3, -0.25) is 0 Å². The predicted octanol–water partition coefficient (Wildman–Crippen LogP) is 8.42. The van der Waals surface area contributed by atoms with Gasteiger partial charge in [-0.05, 0) is 59.8 Å². The van der Waals surface area contributed by atoms with Gasteiger partial charge in [0.05, 0.1) is 20.2 Å². The molecule has 0 atom stereocenters. The molecule has 0 saturated carbocycles. The monoisotopic (exact) mass is 491 g/mol. The van der Waals surface area contributed by atoms with Gasteiger partial charge in [-0.2, -0.15) is 4.57 Å². The molecule has 3 nitrogen and oxygen atoms in total. The van der Waals surface area contributed by atoms with Crippen LogP contribution in [0, 0.1) is 27.3 Å². The number of furan rings is 1. The van der Waals surface area contributed by atoms with Gasteiger partial charge in [0.2, 0.25) is 11.2 Å². The fraction of sp³-hybridized carbons (Fsp3) is 0.312. The summed E-state index contributed by atoms with van der Waals surface area (Å²) in [6, 6.07) is 17.5. The summed E-state index contributed by atoms with van der Waals surface area (Å²) in [6.45, 7) is 26.1. The van der Waals surface area contributed by atoms with Gasteiger partial charge in [-0.15, -0.1) is 0 Å². The number of aromatic nitrogens is 1. The van der Waals surface area contributed by atoms with Crippen molar-refractivity contribution in [2.45, 2.75) is 59.7 Å². The van der Waals surface area contributed by atoms with Crippen molar-refractivity contribution in [3.63, 3.8) is 0 Å². The molecule has 5 aromatic rings. The highest BCUT2D eigenvalue weighted by Gasteiger charge is 2.40. The number of benzene rings is 3. The van der Waals surface area contributed by atoms with Crippen LogP contribution in [0.1, 0.15) is 37.5 Å². The zero-order valence-electron chi connectivity index (χ0n) is 22.9. The lowest BCUT2D eigenvalue weighted by Crippen LogP contribution is -2.51. The van der Waals surface area contributed by atoms with E-state index in [4.69, 9.17) is 11.0 Å². The number of para-hydroxylation sites is 1. The van der Waals surface area contributed by atoms with Gasteiger partial charge in [0.25, 0.3) is 0 Å². The minimum Gasteiger partial charge on any atom is -0.456 e. The van der Waals surface area contributed by atoms with Crippen LogP contribution < -0.4 is 9.75 Å². The van der Waals surface area contributed by atoms with E-state index in [2.05, 4.69) is 101 Å². The Morgan fingerprint density at radius 2 is 1.56 bits per heavy atom. The van der Waals surface area contributed by atoms with Crippen molar-refractivity contribution < 1.29 is 8.98 Å². The van der Waals surface area contributed by atoms with Crippen molar-refractivity contribution in [3.05, 3.63) is 76.6 Å². The highest BCUT2D eigenvalue weighted by atomic mass is 28.3. The Hall–Kier alpha value is -3.42. The molecule has 0 N–H and O–H groups in total. The molecule has 0 aliphatic rings. The van der Waals surface area contributed by atoms with Crippen molar-refractivity contribution in [2.75, 3.05) is 0 Å². The quantitative estimate of drug-likeness (QED) is 0.138. The average molecular weight is 492 g/mol. The molecule has 3 aromatic carbocycles. The fourth-order valence-electron chi connectivity index (χ4n) is 5.35. The average Bonchev–Trinajstić information content (AvgIpc) is 3.19. The maximum Gasteiger partial charge on any atom is 0.216 e. The number of nitrogens with zero attached hydrogens (tertiary/aromatic N) is 2. The van der Waals surface area contributed by atoms with E-state index in [0.717, 1.165) is 33.1 Å². The second kappa shape index (κ2) is 8.05. The Morgan fingerprint density at radius 1 is 0.861 bits per heavy atom. The number of rotatable bonds is 2. The van der Waals surface area contributed by atoms with Crippen LogP contribution in [0.25, 0.3) is 48.9 Å². The molecule has 0 bridgehead atoms. The Kier molecular flexibility index (Phi) is 5.43. The summed E-state index contributed by atoms with van der Waals surface area (Å²) in [6.07, 6.45) is 0. The molecular weight excluding hydrogens is 456 g/mol. The van der Waals surface area contributed by atoms with Crippen molar-refractivity contribution in [1.82, 2.24) is 0 Å². The third-order valence-corrected chi connectivity index (χ3v) is 14.3. The molecule has 0 saturated heterocycles. The maximum atomic E-state index is 7.56. The first-order valence-electron chi connectivity index (χ1n) is 12.6. The smallest absolute Gasteiger partial charge is 0.216 e. The third-order valence-electron chi connectivity index (χ3n) is 8.79. The van der Waals surface area contributed by atoms with Crippen LogP contribution in [0.3, 0.4) is 0 Å². The van der Waals surface area contributed by atoms with E-state index in [1.54, 1.807) is 0 Å². The maximum absolute atomic E-state index is 7.56. The summed E-state index contributed by atoms with van der Waals surface area (Å²) < 4.78 is 8.99. The Morgan fingerprint density at radius 3 is 2.22 bits per heavy atom. The van der Waals surface area contributed by atoms with Gasteiger partial charge in [0.1, 0.15) is 18.2 Å². The van der Waals surface area contributed by atoms with Gasteiger partial charge in [0, 0.05) is 28.3 Å². The molecular formula is C32H35N2OSi+. The Bertz CT molecular complexity index is 1740. The second-order valence-corrected chi connectivity index (χ2v) is 17.1. The zero-order valence-corrected chi connectivity index (χ0v) is 23.9. The summed E-state index contributed by atoms with van der Waals surface area (Å²) in [5, 5.41) is 5.22. The van der Waals surface area contributed by atoms with E-state index in [1.165, 1.54) is 32.9 Å². The van der Waals surface area contributed by atoms with Gasteiger partial charge in [-0.25, -0.2) is 4.85 Å². The molecule has 182 valence electrons. The van der Waals surface area contributed by atoms with Crippen molar-refractivity contribution >= 4 is 51.8 Å². The first kappa shape index (κ1) is 24.3. The molecule has 0 unspecified atom stereocenters. The third kappa shape index (κ3) is 3.33. The summed E-state index contributed by atoms with van der Waals surface area (Å²) in [5.41, 5.74) is 9.33. The number of hydrogen-bond donors (Lipinski definition) is 0. The van der Waals surface area contributed by atoms with Gasteiger partial charge < -0.3 is 4.42 Å². The van der Waals surface area contributed by atoms with E-state index in [0.29, 0.717) is 5.69 Å². The topological polar surface area (TPSA) is 21.4 Å². The van der Waals surface area contributed by atoms with Gasteiger partial charge in [0.15, 0.2) is 5.69 Å². The normalized spacial score (nSPS) is 12.6. The number of hydrogen-bond acceptors (Lipinski definition) is 1.